The fourth-order valence-corrected chi connectivity index (χ4v) is 4.15. The molecular formula is C16H14Cl3NO4S. The van der Waals surface area contributed by atoms with Crippen molar-refractivity contribution in [2.75, 3.05) is 17.5 Å². The molecule has 0 aliphatic carbocycles. The zero-order chi connectivity index (χ0) is 18.6. The second-order valence-electron chi connectivity index (χ2n) is 4.84. The summed E-state index contributed by atoms with van der Waals surface area (Å²) >= 11 is 17.9. The molecule has 2 rings (SSSR count). The number of anilines is 1. The number of benzene rings is 2. The van der Waals surface area contributed by atoms with E-state index >= 15 is 0 Å². The van der Waals surface area contributed by atoms with Crippen LogP contribution in [0, 0.1) is 0 Å². The van der Waals surface area contributed by atoms with Crippen LogP contribution in [0.15, 0.2) is 47.4 Å². The molecule has 0 aromatic heterocycles. The Balaban J connectivity index is 2.55. The summed E-state index contributed by atoms with van der Waals surface area (Å²) in [4.78, 5) is 11.8. The van der Waals surface area contributed by atoms with E-state index in [1.165, 1.54) is 30.3 Å². The smallest absolute Gasteiger partial charge is 0.326 e. The highest BCUT2D eigenvalue weighted by molar-refractivity contribution is 7.92. The third-order valence-corrected chi connectivity index (χ3v) is 5.99. The van der Waals surface area contributed by atoms with Crippen LogP contribution in [-0.4, -0.2) is 27.5 Å². The molecule has 0 saturated carbocycles. The van der Waals surface area contributed by atoms with E-state index < -0.39 is 22.5 Å². The van der Waals surface area contributed by atoms with E-state index in [0.29, 0.717) is 0 Å². The fourth-order valence-electron chi connectivity index (χ4n) is 2.04. The van der Waals surface area contributed by atoms with Gasteiger partial charge in [-0.15, -0.1) is 0 Å². The Bertz CT molecular complexity index is 887. The van der Waals surface area contributed by atoms with Crippen molar-refractivity contribution in [3.63, 3.8) is 0 Å². The molecule has 9 heteroatoms. The Hall–Kier alpha value is -1.47. The molecule has 2 aromatic rings. The van der Waals surface area contributed by atoms with Crippen LogP contribution in [0.4, 0.5) is 5.69 Å². The zero-order valence-corrected chi connectivity index (χ0v) is 16.2. The molecule has 134 valence electrons. The first kappa shape index (κ1) is 19.8. The van der Waals surface area contributed by atoms with Gasteiger partial charge in [0.05, 0.1) is 32.3 Å². The Morgan fingerprint density at radius 1 is 1.04 bits per heavy atom. The predicted molar refractivity (Wildman–Crippen MR) is 99.1 cm³/mol. The third kappa shape index (κ3) is 4.58. The van der Waals surface area contributed by atoms with Gasteiger partial charge >= 0.3 is 5.97 Å². The molecule has 5 nitrogen and oxygen atoms in total. The molecule has 0 fully saturated rings. The summed E-state index contributed by atoms with van der Waals surface area (Å²) in [6, 6.07) is 10.2. The number of carbonyl (C=O) groups excluding carboxylic acids is 1. The van der Waals surface area contributed by atoms with Crippen molar-refractivity contribution < 1.29 is 17.9 Å². The number of hydrogen-bond donors (Lipinski definition) is 0. The first-order valence-electron chi connectivity index (χ1n) is 7.15. The van der Waals surface area contributed by atoms with Crippen molar-refractivity contribution in [1.29, 1.82) is 0 Å². The van der Waals surface area contributed by atoms with Crippen LogP contribution in [0.2, 0.25) is 15.1 Å². The van der Waals surface area contributed by atoms with E-state index in [1.807, 2.05) is 0 Å². The average molecular weight is 423 g/mol. The lowest BCUT2D eigenvalue weighted by Crippen LogP contribution is -2.36. The van der Waals surface area contributed by atoms with Crippen molar-refractivity contribution in [2.24, 2.45) is 0 Å². The van der Waals surface area contributed by atoms with E-state index in [4.69, 9.17) is 39.5 Å². The maximum Gasteiger partial charge on any atom is 0.326 e. The number of para-hydroxylation sites is 1. The molecule has 0 bridgehead atoms. The average Bonchev–Trinajstić information content (AvgIpc) is 2.56. The number of sulfonamides is 1. The summed E-state index contributed by atoms with van der Waals surface area (Å²) in [6.45, 7) is 1.23. The monoisotopic (exact) mass is 421 g/mol. The van der Waals surface area contributed by atoms with Crippen LogP contribution in [0.5, 0.6) is 0 Å². The Kier molecular flexibility index (Phi) is 6.57. The maximum absolute atomic E-state index is 13.0. The van der Waals surface area contributed by atoms with Gasteiger partial charge in [-0.2, -0.15) is 0 Å². The highest BCUT2D eigenvalue weighted by Crippen LogP contribution is 2.32. The van der Waals surface area contributed by atoms with Crippen molar-refractivity contribution >= 4 is 56.5 Å². The van der Waals surface area contributed by atoms with E-state index in [-0.39, 0.29) is 32.3 Å². The van der Waals surface area contributed by atoms with Gasteiger partial charge in [-0.1, -0.05) is 46.9 Å². The second kappa shape index (κ2) is 8.27. The van der Waals surface area contributed by atoms with E-state index in [2.05, 4.69) is 0 Å². The minimum atomic E-state index is -4.12. The first-order chi connectivity index (χ1) is 11.8. The van der Waals surface area contributed by atoms with Crippen molar-refractivity contribution in [2.45, 2.75) is 11.8 Å². The van der Waals surface area contributed by atoms with Gasteiger partial charge in [0.1, 0.15) is 6.54 Å². The molecule has 0 spiro atoms. The Morgan fingerprint density at radius 3 is 2.32 bits per heavy atom. The number of halogens is 3. The van der Waals surface area contributed by atoms with Crippen LogP contribution in [0.25, 0.3) is 0 Å². The van der Waals surface area contributed by atoms with Crippen LogP contribution in [0.1, 0.15) is 6.92 Å². The lowest BCUT2D eigenvalue weighted by molar-refractivity contribution is -0.141. The molecule has 2 aromatic carbocycles. The largest absolute Gasteiger partial charge is 0.465 e. The molecule has 0 heterocycles. The van der Waals surface area contributed by atoms with Gasteiger partial charge < -0.3 is 4.74 Å². The molecule has 0 unspecified atom stereocenters. The quantitative estimate of drug-likeness (QED) is 0.647. The topological polar surface area (TPSA) is 63.7 Å². The van der Waals surface area contributed by atoms with E-state index in [9.17, 15) is 13.2 Å². The van der Waals surface area contributed by atoms with Crippen LogP contribution >= 0.6 is 34.8 Å². The normalized spacial score (nSPS) is 11.2. The third-order valence-electron chi connectivity index (χ3n) is 3.18. The summed E-state index contributed by atoms with van der Waals surface area (Å²) in [5.74, 6) is -0.703. The van der Waals surface area contributed by atoms with Crippen LogP contribution in [0.3, 0.4) is 0 Å². The Morgan fingerprint density at radius 2 is 1.72 bits per heavy atom. The summed E-state index contributed by atoms with van der Waals surface area (Å²) < 4.78 is 31.8. The highest BCUT2D eigenvalue weighted by atomic mass is 35.5. The predicted octanol–water partition coefficient (Wildman–Crippen LogP) is 4.41. The number of carbonyl (C=O) groups is 1. The van der Waals surface area contributed by atoms with Crippen molar-refractivity contribution in [3.8, 4) is 0 Å². The number of nitrogens with zero attached hydrogens (tertiary/aromatic N) is 1. The molecule has 0 atom stereocenters. The van der Waals surface area contributed by atoms with Crippen molar-refractivity contribution in [1.82, 2.24) is 0 Å². The maximum atomic E-state index is 13.0. The van der Waals surface area contributed by atoms with Gasteiger partial charge in [0.25, 0.3) is 10.0 Å². The second-order valence-corrected chi connectivity index (χ2v) is 7.93. The number of hydrogen-bond acceptors (Lipinski definition) is 4. The Labute approximate surface area is 161 Å². The highest BCUT2D eigenvalue weighted by Gasteiger charge is 2.29. The fraction of sp³-hybridized carbons (Fsp3) is 0.188. The summed E-state index contributed by atoms with van der Waals surface area (Å²) in [7, 11) is -4.12. The van der Waals surface area contributed by atoms with Gasteiger partial charge in [0.2, 0.25) is 0 Å². The first-order valence-corrected chi connectivity index (χ1v) is 9.72. The zero-order valence-electron chi connectivity index (χ0n) is 13.1. The lowest BCUT2D eigenvalue weighted by Gasteiger charge is -2.24. The lowest BCUT2D eigenvalue weighted by atomic mass is 10.3. The van der Waals surface area contributed by atoms with Gasteiger partial charge in [-0.05, 0) is 37.3 Å². The molecule has 25 heavy (non-hydrogen) atoms. The van der Waals surface area contributed by atoms with Crippen LogP contribution in [-0.2, 0) is 19.6 Å². The summed E-state index contributed by atoms with van der Waals surface area (Å²) in [6.07, 6.45) is 0. The molecule has 0 aliphatic rings. The van der Waals surface area contributed by atoms with Gasteiger partial charge in [-0.25, -0.2) is 8.42 Å². The standard InChI is InChI=1S/C16H14Cl3NO4S/c1-2-24-16(21)10-20(15-6-4-3-5-13(15)18)25(22,23)11-7-8-12(17)14(19)9-11/h3-9H,2,10H2,1H3. The van der Waals surface area contributed by atoms with Gasteiger partial charge in [0, 0.05) is 0 Å². The molecule has 0 N–H and O–H groups in total. The van der Waals surface area contributed by atoms with Crippen molar-refractivity contribution in [3.05, 3.63) is 57.5 Å². The minimum absolute atomic E-state index is 0.0815. The van der Waals surface area contributed by atoms with E-state index in [1.54, 1.807) is 19.1 Å². The molecule has 0 amide bonds. The number of ether oxygens (including phenoxy) is 1. The molecular weight excluding hydrogens is 409 g/mol. The van der Waals surface area contributed by atoms with Crippen LogP contribution < -0.4 is 4.31 Å². The number of esters is 1. The van der Waals surface area contributed by atoms with E-state index in [0.717, 1.165) is 4.31 Å². The molecule has 0 radical (unpaired) electrons. The SMILES string of the molecule is CCOC(=O)CN(c1ccccc1Cl)S(=O)(=O)c1ccc(Cl)c(Cl)c1. The summed E-state index contributed by atoms with van der Waals surface area (Å²) in [5, 5.41) is 0.476. The molecule has 0 aliphatic heterocycles. The molecule has 0 saturated heterocycles. The minimum Gasteiger partial charge on any atom is -0.465 e. The van der Waals surface area contributed by atoms with Gasteiger partial charge in [0.15, 0.2) is 0 Å². The summed E-state index contributed by atoms with van der Waals surface area (Å²) in [5.41, 5.74) is 0.156. The van der Waals surface area contributed by atoms with Gasteiger partial charge in [-0.3, -0.25) is 9.10 Å². The number of rotatable bonds is 6.